The van der Waals surface area contributed by atoms with Gasteiger partial charge in [0.05, 0.1) is 12.8 Å². The second kappa shape index (κ2) is 7.72. The van der Waals surface area contributed by atoms with Crippen LogP contribution in [0.4, 0.5) is 0 Å². The van der Waals surface area contributed by atoms with Crippen molar-refractivity contribution in [1.29, 1.82) is 0 Å². The third-order valence-electron chi connectivity index (χ3n) is 9.63. The van der Waals surface area contributed by atoms with Crippen molar-refractivity contribution in [3.05, 3.63) is 11.6 Å². The minimum atomic E-state index is -1.19. The highest BCUT2D eigenvalue weighted by molar-refractivity contribution is 5.86. The molecule has 2 N–H and O–H groups in total. The molecule has 0 aromatic heterocycles. The Balaban J connectivity index is 1.49. The molecule has 0 saturated heterocycles. The lowest BCUT2D eigenvalue weighted by molar-refractivity contribution is -0.161. The maximum Gasteiger partial charge on any atom is 0.306 e. The van der Waals surface area contributed by atoms with Gasteiger partial charge in [0.2, 0.25) is 0 Å². The number of rotatable bonds is 5. The highest BCUT2D eigenvalue weighted by Crippen LogP contribution is 2.67. The van der Waals surface area contributed by atoms with Crippen molar-refractivity contribution in [3.8, 4) is 0 Å². The van der Waals surface area contributed by atoms with Crippen molar-refractivity contribution >= 4 is 17.7 Å². The fourth-order valence-corrected chi connectivity index (χ4v) is 7.78. The Morgan fingerprint density at radius 3 is 2.45 bits per heavy atom. The Morgan fingerprint density at radius 1 is 1.06 bits per heavy atom. The number of ketones is 1. The Morgan fingerprint density at radius 2 is 1.77 bits per heavy atom. The van der Waals surface area contributed by atoms with Crippen LogP contribution in [0.2, 0.25) is 0 Å². The molecule has 6 nitrogen and oxygen atoms in total. The summed E-state index contributed by atoms with van der Waals surface area (Å²) in [7, 11) is 0. The number of ether oxygens (including phenoxy) is 1. The van der Waals surface area contributed by atoms with Crippen LogP contribution in [0.1, 0.15) is 85.0 Å². The second-order valence-corrected chi connectivity index (χ2v) is 10.9. The van der Waals surface area contributed by atoms with Crippen molar-refractivity contribution in [2.24, 2.45) is 28.6 Å². The smallest absolute Gasteiger partial charge is 0.306 e. The minimum Gasteiger partial charge on any atom is -0.481 e. The normalized spacial score (nSPS) is 43.8. The van der Waals surface area contributed by atoms with Gasteiger partial charge < -0.3 is 14.9 Å². The molecule has 0 heterocycles. The van der Waals surface area contributed by atoms with Gasteiger partial charge in [0.25, 0.3) is 0 Å². The van der Waals surface area contributed by atoms with E-state index in [4.69, 9.17) is 9.84 Å². The number of carboxylic acid groups (broad SMARTS) is 1. The van der Waals surface area contributed by atoms with Gasteiger partial charge in [-0.3, -0.25) is 14.4 Å². The van der Waals surface area contributed by atoms with E-state index in [0.717, 1.165) is 44.9 Å². The SMILES string of the molecule is CC(=O)[C@@]1(O)CCC2C3CC=C4C[C@@H](OC(=O)CCC(=O)O)CC[C@]4(C)C3CC[C@@]21C. The van der Waals surface area contributed by atoms with Crippen molar-refractivity contribution in [2.75, 3.05) is 0 Å². The number of carboxylic acids is 1. The van der Waals surface area contributed by atoms with Gasteiger partial charge in [-0.2, -0.15) is 0 Å². The molecule has 0 aromatic carbocycles. The molecule has 0 aromatic rings. The Labute approximate surface area is 184 Å². The van der Waals surface area contributed by atoms with Gasteiger partial charge in [0, 0.05) is 11.8 Å². The molecular formula is C25H36O6. The number of fused-ring (bicyclic) bond motifs is 5. The minimum absolute atomic E-state index is 0.0746. The summed E-state index contributed by atoms with van der Waals surface area (Å²) in [5.74, 6) is -0.116. The van der Waals surface area contributed by atoms with Gasteiger partial charge in [-0.15, -0.1) is 0 Å². The molecule has 4 rings (SSSR count). The average Bonchev–Trinajstić information content (AvgIpc) is 2.99. The van der Waals surface area contributed by atoms with Crippen molar-refractivity contribution in [2.45, 2.75) is 96.7 Å². The molecule has 0 amide bonds. The van der Waals surface area contributed by atoms with Crippen LogP contribution in [-0.4, -0.2) is 39.6 Å². The van der Waals surface area contributed by atoms with Crippen LogP contribution >= 0.6 is 0 Å². The Kier molecular flexibility index (Phi) is 5.60. The first-order valence-electron chi connectivity index (χ1n) is 11.9. The summed E-state index contributed by atoms with van der Waals surface area (Å²) in [6, 6.07) is 0. The number of Topliss-reactive ketones (excluding diaryl/α,β-unsaturated/α-hetero) is 1. The highest BCUT2D eigenvalue weighted by atomic mass is 16.5. The summed E-state index contributed by atoms with van der Waals surface area (Å²) in [6.07, 6.45) is 8.75. The van der Waals surface area contributed by atoms with Gasteiger partial charge in [0.15, 0.2) is 5.78 Å². The van der Waals surface area contributed by atoms with E-state index in [0.29, 0.717) is 24.2 Å². The lowest BCUT2D eigenvalue weighted by Gasteiger charge is -2.58. The molecule has 0 radical (unpaired) electrons. The van der Waals surface area contributed by atoms with Crippen molar-refractivity contribution in [1.82, 2.24) is 0 Å². The van der Waals surface area contributed by atoms with Gasteiger partial charge in [0.1, 0.15) is 11.7 Å². The van der Waals surface area contributed by atoms with Gasteiger partial charge >= 0.3 is 11.9 Å². The molecule has 4 aliphatic carbocycles. The van der Waals surface area contributed by atoms with E-state index in [2.05, 4.69) is 19.9 Å². The molecule has 31 heavy (non-hydrogen) atoms. The van der Waals surface area contributed by atoms with Crippen LogP contribution < -0.4 is 0 Å². The van der Waals surface area contributed by atoms with Crippen LogP contribution in [0.5, 0.6) is 0 Å². The Hall–Kier alpha value is -1.69. The number of carbonyl (C=O) groups is 3. The third-order valence-corrected chi connectivity index (χ3v) is 9.63. The van der Waals surface area contributed by atoms with E-state index in [9.17, 15) is 19.5 Å². The summed E-state index contributed by atoms with van der Waals surface area (Å²) in [5, 5.41) is 20.0. The third kappa shape index (κ3) is 3.46. The zero-order chi connectivity index (χ0) is 22.6. The first-order chi connectivity index (χ1) is 14.5. The van der Waals surface area contributed by atoms with E-state index in [-0.39, 0.29) is 35.6 Å². The summed E-state index contributed by atoms with van der Waals surface area (Å²) in [4.78, 5) is 35.0. The van der Waals surface area contributed by atoms with Gasteiger partial charge in [-0.05, 0) is 75.0 Å². The summed E-state index contributed by atoms with van der Waals surface area (Å²) in [6.45, 7) is 6.03. The monoisotopic (exact) mass is 432 g/mol. The van der Waals surface area contributed by atoms with Crippen LogP contribution in [0.25, 0.3) is 0 Å². The van der Waals surface area contributed by atoms with Gasteiger partial charge in [-0.25, -0.2) is 0 Å². The Bertz CT molecular complexity index is 817. The largest absolute Gasteiger partial charge is 0.481 e. The molecule has 4 aliphatic rings. The number of aliphatic carboxylic acids is 1. The summed E-state index contributed by atoms with van der Waals surface area (Å²) in [5.41, 5.74) is -0.0709. The van der Waals surface area contributed by atoms with Crippen molar-refractivity contribution in [3.63, 3.8) is 0 Å². The number of allylic oxidation sites excluding steroid dienone is 1. The van der Waals surface area contributed by atoms with Crippen LogP contribution in [0.3, 0.4) is 0 Å². The first kappa shape index (κ1) is 22.5. The topological polar surface area (TPSA) is 101 Å². The number of carbonyl (C=O) groups excluding carboxylic acids is 2. The van der Waals surface area contributed by atoms with Crippen molar-refractivity contribution < 1.29 is 29.3 Å². The van der Waals surface area contributed by atoms with Crippen LogP contribution in [0, 0.1) is 28.6 Å². The summed E-state index contributed by atoms with van der Waals surface area (Å²) < 4.78 is 5.60. The maximum absolute atomic E-state index is 12.4. The zero-order valence-electron chi connectivity index (χ0n) is 19.0. The maximum atomic E-state index is 12.4. The van der Waals surface area contributed by atoms with Crippen LogP contribution in [-0.2, 0) is 19.1 Å². The highest BCUT2D eigenvalue weighted by Gasteiger charge is 2.65. The molecule has 0 aliphatic heterocycles. The molecule has 3 fully saturated rings. The van der Waals surface area contributed by atoms with E-state index in [1.54, 1.807) is 6.92 Å². The molecule has 0 spiro atoms. The number of hydrogen-bond acceptors (Lipinski definition) is 5. The molecule has 172 valence electrons. The van der Waals surface area contributed by atoms with Crippen LogP contribution in [0.15, 0.2) is 11.6 Å². The molecular weight excluding hydrogens is 396 g/mol. The quantitative estimate of drug-likeness (QED) is 0.502. The van der Waals surface area contributed by atoms with E-state index < -0.39 is 17.5 Å². The fourth-order valence-electron chi connectivity index (χ4n) is 7.78. The zero-order valence-corrected chi connectivity index (χ0v) is 19.0. The lowest BCUT2D eigenvalue weighted by Crippen LogP contribution is -2.57. The molecule has 7 atom stereocenters. The average molecular weight is 433 g/mol. The molecule has 3 saturated carbocycles. The molecule has 0 bridgehead atoms. The first-order valence-corrected chi connectivity index (χ1v) is 11.9. The standard InChI is InChI=1S/C25H36O6/c1-15(26)25(30)13-10-20-18-5-4-16-14-17(31-22(29)7-6-21(27)28)8-11-23(16,2)19(18)9-12-24(20,25)3/h4,17-20,30H,5-14H2,1-3H3,(H,27,28)/t17-,18?,19?,20?,23-,24-,25-/m0/s1. The predicted octanol–water partition coefficient (Wildman–Crippen LogP) is 4.05. The van der Waals surface area contributed by atoms with E-state index in [1.807, 2.05) is 0 Å². The van der Waals surface area contributed by atoms with Gasteiger partial charge in [-0.1, -0.05) is 25.5 Å². The molecule has 3 unspecified atom stereocenters. The predicted molar refractivity (Wildman–Crippen MR) is 114 cm³/mol. The number of aliphatic hydroxyl groups is 1. The van der Waals surface area contributed by atoms with E-state index >= 15 is 0 Å². The second-order valence-electron chi connectivity index (χ2n) is 10.9. The van der Waals surface area contributed by atoms with E-state index in [1.165, 1.54) is 5.57 Å². The molecule has 6 heteroatoms. The number of hydrogen-bond donors (Lipinski definition) is 2. The fraction of sp³-hybridized carbons (Fsp3) is 0.800. The number of esters is 1. The lowest BCUT2D eigenvalue weighted by atomic mass is 9.47. The summed E-state index contributed by atoms with van der Waals surface area (Å²) >= 11 is 0.